The average Bonchev–Trinajstić information content (AvgIpc) is 2.75. The zero-order valence-electron chi connectivity index (χ0n) is 8.88. The Hall–Kier alpha value is -1.88. The van der Waals surface area contributed by atoms with Gasteiger partial charge in [0.15, 0.2) is 0 Å². The van der Waals surface area contributed by atoms with E-state index in [0.717, 1.165) is 5.56 Å². The molecule has 17 heavy (non-hydrogen) atoms. The van der Waals surface area contributed by atoms with Crippen LogP contribution in [0.1, 0.15) is 10.5 Å². The third-order valence-electron chi connectivity index (χ3n) is 2.25. The normalized spacial score (nSPS) is 10.4. The summed E-state index contributed by atoms with van der Waals surface area (Å²) in [6.07, 6.45) is 3.29. The topological polar surface area (TPSA) is 68.0 Å². The van der Waals surface area contributed by atoms with E-state index in [1.54, 1.807) is 18.5 Å². The monoisotopic (exact) mass is 251 g/mol. The summed E-state index contributed by atoms with van der Waals surface area (Å²) >= 11 is 5.60. The number of aromatic carboxylic acids is 1. The highest BCUT2D eigenvalue weighted by Crippen LogP contribution is 2.18. The number of aryl methyl sites for hydroxylation is 1. The molecule has 0 aliphatic heterocycles. The van der Waals surface area contributed by atoms with E-state index in [1.165, 1.54) is 10.7 Å². The van der Waals surface area contributed by atoms with Gasteiger partial charge in [0.2, 0.25) is 0 Å². The third-order valence-corrected chi connectivity index (χ3v) is 2.42. The summed E-state index contributed by atoms with van der Waals surface area (Å²) in [6, 6.07) is 5.12. The van der Waals surface area contributed by atoms with Crippen molar-refractivity contribution in [3.8, 4) is 11.3 Å². The summed E-state index contributed by atoms with van der Waals surface area (Å²) < 4.78 is 1.39. The van der Waals surface area contributed by atoms with Crippen molar-refractivity contribution in [3.63, 3.8) is 0 Å². The number of hydrogen-bond acceptors (Lipinski definition) is 3. The third kappa shape index (κ3) is 2.45. The Labute approximate surface area is 103 Å². The predicted molar refractivity (Wildman–Crippen MR) is 63.1 cm³/mol. The van der Waals surface area contributed by atoms with Gasteiger partial charge in [0.1, 0.15) is 5.69 Å². The first-order valence-electron chi connectivity index (χ1n) is 5.00. The maximum atomic E-state index is 11.0. The highest BCUT2D eigenvalue weighted by molar-refractivity contribution is 6.17. The van der Waals surface area contributed by atoms with Gasteiger partial charge >= 0.3 is 5.97 Å². The minimum Gasteiger partial charge on any atom is -0.477 e. The van der Waals surface area contributed by atoms with E-state index in [4.69, 9.17) is 16.7 Å². The maximum absolute atomic E-state index is 11.0. The van der Waals surface area contributed by atoms with E-state index < -0.39 is 5.97 Å². The molecule has 6 heteroatoms. The van der Waals surface area contributed by atoms with Gasteiger partial charge in [-0.05, 0) is 18.2 Å². The van der Waals surface area contributed by atoms with Crippen LogP contribution in [0.25, 0.3) is 11.3 Å². The fourth-order valence-electron chi connectivity index (χ4n) is 1.49. The lowest BCUT2D eigenvalue weighted by atomic mass is 10.2. The standard InChI is InChI=1S/C11H10ClN3O2/c12-3-5-15-10(11(16)17)6-9(14-15)8-2-1-4-13-7-8/h1-2,4,6-7H,3,5H2,(H,16,17). The van der Waals surface area contributed by atoms with Crippen LogP contribution in [0.3, 0.4) is 0 Å². The van der Waals surface area contributed by atoms with Crippen molar-refractivity contribution in [2.75, 3.05) is 5.88 Å². The predicted octanol–water partition coefficient (Wildman–Crippen LogP) is 1.88. The highest BCUT2D eigenvalue weighted by atomic mass is 35.5. The number of hydrogen-bond donors (Lipinski definition) is 1. The molecule has 88 valence electrons. The molecule has 5 nitrogen and oxygen atoms in total. The van der Waals surface area contributed by atoms with Crippen molar-refractivity contribution in [2.45, 2.75) is 6.54 Å². The molecule has 0 unspecified atom stereocenters. The number of carboxylic acid groups (broad SMARTS) is 1. The molecule has 0 atom stereocenters. The van der Waals surface area contributed by atoms with Crippen LogP contribution in [0.5, 0.6) is 0 Å². The molecule has 2 rings (SSSR count). The molecular weight excluding hydrogens is 242 g/mol. The van der Waals surface area contributed by atoms with Crippen LogP contribution in [0.4, 0.5) is 0 Å². The van der Waals surface area contributed by atoms with E-state index in [1.807, 2.05) is 6.07 Å². The second-order valence-electron chi connectivity index (χ2n) is 3.37. The largest absolute Gasteiger partial charge is 0.477 e. The summed E-state index contributed by atoms with van der Waals surface area (Å²) in [5, 5.41) is 13.2. The molecule has 0 aliphatic rings. The molecule has 1 N–H and O–H groups in total. The van der Waals surface area contributed by atoms with Gasteiger partial charge in [-0.2, -0.15) is 5.10 Å². The molecule has 2 aromatic rings. The van der Waals surface area contributed by atoms with Crippen molar-refractivity contribution < 1.29 is 9.90 Å². The molecule has 0 radical (unpaired) electrons. The van der Waals surface area contributed by atoms with E-state index in [2.05, 4.69) is 10.1 Å². The Morgan fingerprint density at radius 1 is 1.53 bits per heavy atom. The second-order valence-corrected chi connectivity index (χ2v) is 3.75. The second kappa shape index (κ2) is 4.97. The molecule has 0 saturated carbocycles. The zero-order valence-corrected chi connectivity index (χ0v) is 9.63. The number of nitrogens with zero attached hydrogens (tertiary/aromatic N) is 3. The van der Waals surface area contributed by atoms with E-state index in [9.17, 15) is 4.79 Å². The molecule has 2 heterocycles. The number of alkyl halides is 1. The fourth-order valence-corrected chi connectivity index (χ4v) is 1.65. The molecule has 0 aromatic carbocycles. The lowest BCUT2D eigenvalue weighted by Crippen LogP contribution is -2.10. The molecule has 0 spiro atoms. The number of pyridine rings is 1. The van der Waals surface area contributed by atoms with Crippen LogP contribution in [-0.4, -0.2) is 31.7 Å². The van der Waals surface area contributed by atoms with Crippen molar-refractivity contribution >= 4 is 17.6 Å². The first-order valence-corrected chi connectivity index (χ1v) is 5.53. The van der Waals surface area contributed by atoms with Crippen LogP contribution in [-0.2, 0) is 6.54 Å². The van der Waals surface area contributed by atoms with E-state index >= 15 is 0 Å². The smallest absolute Gasteiger partial charge is 0.354 e. The van der Waals surface area contributed by atoms with E-state index in [0.29, 0.717) is 18.1 Å². The summed E-state index contributed by atoms with van der Waals surface area (Å²) in [7, 11) is 0. The Morgan fingerprint density at radius 2 is 2.35 bits per heavy atom. The molecule has 0 saturated heterocycles. The van der Waals surface area contributed by atoms with Crippen LogP contribution < -0.4 is 0 Å². The molecule has 0 bridgehead atoms. The van der Waals surface area contributed by atoms with Gasteiger partial charge in [-0.1, -0.05) is 0 Å². The molecule has 0 amide bonds. The number of carboxylic acids is 1. The Morgan fingerprint density at radius 3 is 2.94 bits per heavy atom. The van der Waals surface area contributed by atoms with Crippen molar-refractivity contribution in [2.24, 2.45) is 0 Å². The zero-order chi connectivity index (χ0) is 12.3. The van der Waals surface area contributed by atoms with Crippen LogP contribution in [0.15, 0.2) is 30.6 Å². The Balaban J connectivity index is 2.44. The average molecular weight is 252 g/mol. The van der Waals surface area contributed by atoms with Crippen molar-refractivity contribution in [1.82, 2.24) is 14.8 Å². The van der Waals surface area contributed by atoms with Gasteiger partial charge in [0.05, 0.1) is 12.2 Å². The summed E-state index contributed by atoms with van der Waals surface area (Å²) in [4.78, 5) is 15.0. The lowest BCUT2D eigenvalue weighted by molar-refractivity contribution is 0.0683. The summed E-state index contributed by atoms with van der Waals surface area (Å²) in [6.45, 7) is 0.365. The number of aromatic nitrogens is 3. The van der Waals surface area contributed by atoms with Gasteiger partial charge < -0.3 is 5.11 Å². The van der Waals surface area contributed by atoms with Gasteiger partial charge in [0.25, 0.3) is 0 Å². The van der Waals surface area contributed by atoms with Crippen LogP contribution >= 0.6 is 11.6 Å². The fraction of sp³-hybridized carbons (Fsp3) is 0.182. The minimum absolute atomic E-state index is 0.129. The first-order chi connectivity index (χ1) is 8.22. The van der Waals surface area contributed by atoms with Gasteiger partial charge in [-0.3, -0.25) is 9.67 Å². The SMILES string of the molecule is O=C(O)c1cc(-c2cccnc2)nn1CCCl. The highest BCUT2D eigenvalue weighted by Gasteiger charge is 2.14. The Bertz CT molecular complexity index is 525. The molecule has 0 aliphatic carbocycles. The van der Waals surface area contributed by atoms with Gasteiger partial charge in [-0.25, -0.2) is 4.79 Å². The summed E-state index contributed by atoms with van der Waals surface area (Å²) in [5.41, 5.74) is 1.49. The number of carbonyl (C=O) groups is 1. The maximum Gasteiger partial charge on any atom is 0.354 e. The van der Waals surface area contributed by atoms with Crippen LogP contribution in [0.2, 0.25) is 0 Å². The van der Waals surface area contributed by atoms with E-state index in [-0.39, 0.29) is 5.69 Å². The summed E-state index contributed by atoms with van der Waals surface area (Å²) in [5.74, 6) is -0.702. The van der Waals surface area contributed by atoms with Crippen molar-refractivity contribution in [1.29, 1.82) is 0 Å². The molecule has 2 aromatic heterocycles. The first kappa shape index (κ1) is 11.6. The van der Waals surface area contributed by atoms with Crippen LogP contribution in [0, 0.1) is 0 Å². The van der Waals surface area contributed by atoms with Gasteiger partial charge in [0, 0.05) is 23.8 Å². The van der Waals surface area contributed by atoms with Crippen molar-refractivity contribution in [3.05, 3.63) is 36.3 Å². The minimum atomic E-state index is -1.02. The number of rotatable bonds is 4. The van der Waals surface area contributed by atoms with Gasteiger partial charge in [-0.15, -0.1) is 11.6 Å². The molecular formula is C11H10ClN3O2. The quantitative estimate of drug-likeness (QED) is 0.843. The Kier molecular flexibility index (Phi) is 3.39. The number of halogens is 1. The molecule has 0 fully saturated rings. The lowest BCUT2D eigenvalue weighted by Gasteiger charge is -1.99.